The monoisotopic (exact) mass is 468 g/mol. The van der Waals surface area contributed by atoms with E-state index in [0.717, 1.165) is 48.7 Å². The zero-order chi connectivity index (χ0) is 24.2. The summed E-state index contributed by atoms with van der Waals surface area (Å²) in [5, 5.41) is 28.0. The van der Waals surface area contributed by atoms with Gasteiger partial charge >= 0.3 is 0 Å². The lowest BCUT2D eigenvalue weighted by Gasteiger charge is -2.28. The van der Waals surface area contributed by atoms with Crippen LogP contribution in [0.15, 0.2) is 36.8 Å². The standard InChI is InChI=1S/C24H26F2N6O2/c1-28-11-17(9-27)21-8-16-13-32(31-22(16)12-29-21)18-4-2-14(3-5-18)10-30-24(34)15-6-19(25)23(33)20(26)7-15/h6-9,11-14,18,27-28,33H,2-5,10H2,1H3,(H,30,34)/b17-11+,27-9?. The molecule has 34 heavy (non-hydrogen) atoms. The van der Waals surface area contributed by atoms with Gasteiger partial charge < -0.3 is 21.1 Å². The minimum Gasteiger partial charge on any atom is -0.503 e. The molecule has 8 nitrogen and oxygen atoms in total. The van der Waals surface area contributed by atoms with Crippen molar-refractivity contribution in [2.45, 2.75) is 31.7 Å². The lowest BCUT2D eigenvalue weighted by atomic mass is 9.86. The van der Waals surface area contributed by atoms with Gasteiger partial charge in [-0.05, 0) is 49.8 Å². The minimum atomic E-state index is -1.16. The first kappa shape index (κ1) is 23.3. The molecule has 4 N–H and O–H groups in total. The molecule has 0 radical (unpaired) electrons. The highest BCUT2D eigenvalue weighted by molar-refractivity contribution is 6.08. The maximum Gasteiger partial charge on any atom is 0.251 e. The van der Waals surface area contributed by atoms with Crippen LogP contribution in [0.1, 0.15) is 47.8 Å². The van der Waals surface area contributed by atoms with Crippen molar-refractivity contribution in [2.24, 2.45) is 5.92 Å². The van der Waals surface area contributed by atoms with Crippen LogP contribution in [0.25, 0.3) is 16.5 Å². The van der Waals surface area contributed by atoms with Crippen LogP contribution in [0.4, 0.5) is 8.78 Å². The van der Waals surface area contributed by atoms with E-state index in [1.54, 1.807) is 19.4 Å². The van der Waals surface area contributed by atoms with Crippen LogP contribution in [0.2, 0.25) is 0 Å². The molecular weight excluding hydrogens is 442 g/mol. The molecule has 1 fully saturated rings. The number of amides is 1. The number of nitrogens with zero attached hydrogens (tertiary/aromatic N) is 3. The van der Waals surface area contributed by atoms with Gasteiger partial charge in [0.2, 0.25) is 0 Å². The first-order valence-electron chi connectivity index (χ1n) is 11.1. The molecule has 0 saturated heterocycles. The number of carbonyl (C=O) groups is 1. The summed E-state index contributed by atoms with van der Waals surface area (Å²) in [7, 11) is 1.77. The molecule has 4 rings (SSSR count). The summed E-state index contributed by atoms with van der Waals surface area (Å²) in [6.07, 6.45) is 10.2. The quantitative estimate of drug-likeness (QED) is 0.394. The number of aromatic hydroxyl groups is 1. The van der Waals surface area contributed by atoms with E-state index in [2.05, 4.69) is 20.7 Å². The van der Waals surface area contributed by atoms with Gasteiger partial charge in [-0.15, -0.1) is 0 Å². The Kier molecular flexibility index (Phi) is 6.85. The van der Waals surface area contributed by atoms with Crippen LogP contribution >= 0.6 is 0 Å². The number of phenols is 1. The zero-order valence-corrected chi connectivity index (χ0v) is 18.7. The summed E-state index contributed by atoms with van der Waals surface area (Å²) < 4.78 is 29.0. The second-order valence-electron chi connectivity index (χ2n) is 8.44. The highest BCUT2D eigenvalue weighted by atomic mass is 19.1. The fraction of sp³-hybridized carbons (Fsp3) is 0.333. The number of carbonyl (C=O) groups excluding carboxylic acids is 1. The van der Waals surface area contributed by atoms with Gasteiger partial charge in [0.25, 0.3) is 5.91 Å². The number of allylic oxidation sites excluding steroid dienone is 1. The first-order valence-corrected chi connectivity index (χ1v) is 11.1. The summed E-state index contributed by atoms with van der Waals surface area (Å²) in [6, 6.07) is 3.81. The molecule has 0 atom stereocenters. The lowest BCUT2D eigenvalue weighted by molar-refractivity contribution is 0.0940. The molecule has 10 heteroatoms. The van der Waals surface area contributed by atoms with Gasteiger partial charge in [0.15, 0.2) is 17.4 Å². The number of nitrogens with one attached hydrogen (secondary N) is 3. The van der Waals surface area contributed by atoms with E-state index in [0.29, 0.717) is 17.8 Å². The van der Waals surface area contributed by atoms with E-state index in [9.17, 15) is 18.7 Å². The van der Waals surface area contributed by atoms with Crippen LogP contribution in [0, 0.1) is 23.0 Å². The fourth-order valence-electron chi connectivity index (χ4n) is 4.29. The van der Waals surface area contributed by atoms with E-state index < -0.39 is 23.3 Å². The number of hydrogen-bond acceptors (Lipinski definition) is 6. The molecule has 0 spiro atoms. The fourth-order valence-corrected chi connectivity index (χ4v) is 4.29. The number of aromatic nitrogens is 3. The Morgan fingerprint density at radius 1 is 1.24 bits per heavy atom. The molecule has 0 aliphatic heterocycles. The first-order chi connectivity index (χ1) is 16.4. The molecule has 1 amide bonds. The summed E-state index contributed by atoms with van der Waals surface area (Å²) in [5.41, 5.74) is 2.01. The summed E-state index contributed by atoms with van der Waals surface area (Å²) in [4.78, 5) is 16.7. The topological polar surface area (TPSA) is 116 Å². The number of benzene rings is 1. The van der Waals surface area contributed by atoms with Crippen molar-refractivity contribution in [3.63, 3.8) is 0 Å². The third-order valence-corrected chi connectivity index (χ3v) is 6.18. The molecule has 2 aromatic heterocycles. The Balaban J connectivity index is 1.35. The van der Waals surface area contributed by atoms with Gasteiger partial charge in [0.1, 0.15) is 5.52 Å². The lowest BCUT2D eigenvalue weighted by Crippen LogP contribution is -2.31. The second-order valence-corrected chi connectivity index (χ2v) is 8.44. The van der Waals surface area contributed by atoms with Crippen molar-refractivity contribution in [2.75, 3.05) is 13.6 Å². The maximum absolute atomic E-state index is 13.5. The van der Waals surface area contributed by atoms with Crippen molar-refractivity contribution in [1.82, 2.24) is 25.4 Å². The van der Waals surface area contributed by atoms with Crippen molar-refractivity contribution in [3.8, 4) is 5.75 Å². The average molecular weight is 469 g/mol. The summed E-state index contributed by atoms with van der Waals surface area (Å²) in [5.74, 6) is -3.72. The van der Waals surface area contributed by atoms with Crippen molar-refractivity contribution < 1.29 is 18.7 Å². The highest BCUT2D eigenvalue weighted by Gasteiger charge is 2.24. The molecule has 0 unspecified atom stereocenters. The van der Waals surface area contributed by atoms with Gasteiger partial charge in [-0.1, -0.05) is 0 Å². The number of halogens is 2. The van der Waals surface area contributed by atoms with E-state index in [4.69, 9.17) is 5.41 Å². The van der Waals surface area contributed by atoms with E-state index in [-0.39, 0.29) is 17.5 Å². The zero-order valence-electron chi connectivity index (χ0n) is 18.7. The van der Waals surface area contributed by atoms with Gasteiger partial charge in [-0.3, -0.25) is 14.5 Å². The number of hydrogen-bond donors (Lipinski definition) is 4. The average Bonchev–Trinajstić information content (AvgIpc) is 3.27. The van der Waals surface area contributed by atoms with Crippen LogP contribution in [-0.4, -0.2) is 45.6 Å². The molecule has 1 aliphatic rings. The van der Waals surface area contributed by atoms with Crippen molar-refractivity contribution in [3.05, 3.63) is 59.7 Å². The molecule has 2 heterocycles. The Hall–Kier alpha value is -3.82. The summed E-state index contributed by atoms with van der Waals surface area (Å²) >= 11 is 0. The second kappa shape index (κ2) is 9.98. The Bertz CT molecular complexity index is 1220. The van der Waals surface area contributed by atoms with E-state index >= 15 is 0 Å². The molecular formula is C24H26F2N6O2. The predicted octanol–water partition coefficient (Wildman–Crippen LogP) is 3.79. The molecule has 1 aromatic carbocycles. The van der Waals surface area contributed by atoms with Gasteiger partial charge in [0.05, 0.1) is 17.9 Å². The van der Waals surface area contributed by atoms with Crippen LogP contribution in [0.3, 0.4) is 0 Å². The SMILES string of the molecule is CN/C=C(\C=N)c1cc2cn(C3CCC(CNC(=O)c4cc(F)c(O)c(F)c4)CC3)nc2cn1. The third kappa shape index (κ3) is 4.90. The number of rotatable bonds is 7. The highest BCUT2D eigenvalue weighted by Crippen LogP contribution is 2.32. The Labute approximate surface area is 195 Å². The smallest absolute Gasteiger partial charge is 0.251 e. The normalized spacial score (nSPS) is 18.6. The van der Waals surface area contributed by atoms with E-state index in [1.807, 2.05) is 16.9 Å². The predicted molar refractivity (Wildman–Crippen MR) is 125 cm³/mol. The van der Waals surface area contributed by atoms with Gasteiger partial charge in [-0.25, -0.2) is 8.78 Å². The largest absolute Gasteiger partial charge is 0.503 e. The number of fused-ring (bicyclic) bond motifs is 1. The molecule has 178 valence electrons. The Morgan fingerprint density at radius 2 is 1.94 bits per heavy atom. The molecule has 0 bridgehead atoms. The van der Waals surface area contributed by atoms with Crippen LogP contribution in [-0.2, 0) is 0 Å². The Morgan fingerprint density at radius 3 is 2.59 bits per heavy atom. The number of pyridine rings is 1. The van der Waals surface area contributed by atoms with Crippen molar-refractivity contribution in [1.29, 1.82) is 5.41 Å². The third-order valence-electron chi connectivity index (χ3n) is 6.18. The number of phenolic OH excluding ortho intramolecular Hbond substituents is 1. The molecule has 3 aromatic rings. The van der Waals surface area contributed by atoms with Crippen LogP contribution in [0.5, 0.6) is 5.75 Å². The maximum atomic E-state index is 13.5. The minimum absolute atomic E-state index is 0.159. The van der Waals surface area contributed by atoms with Crippen molar-refractivity contribution >= 4 is 28.6 Å². The van der Waals surface area contributed by atoms with Crippen LogP contribution < -0.4 is 10.6 Å². The molecule has 1 saturated carbocycles. The van der Waals surface area contributed by atoms with Gasteiger partial charge in [0, 0.05) is 48.7 Å². The van der Waals surface area contributed by atoms with E-state index in [1.165, 1.54) is 6.21 Å². The summed E-state index contributed by atoms with van der Waals surface area (Å²) in [6.45, 7) is 0.411. The molecule has 1 aliphatic carbocycles. The van der Waals surface area contributed by atoms with Gasteiger partial charge in [-0.2, -0.15) is 5.10 Å².